The molecule has 20 heavy (non-hydrogen) atoms. The van der Waals surface area contributed by atoms with Crippen LogP contribution in [0.3, 0.4) is 0 Å². The minimum Gasteiger partial charge on any atom is -0.450 e. The van der Waals surface area contributed by atoms with Crippen LogP contribution in [0, 0.1) is 5.92 Å². The molecule has 1 saturated heterocycles. The van der Waals surface area contributed by atoms with E-state index in [1.54, 1.807) is 11.8 Å². The first kappa shape index (κ1) is 16.5. The Morgan fingerprint density at radius 2 is 1.90 bits per heavy atom. The Morgan fingerprint density at radius 1 is 1.25 bits per heavy atom. The summed E-state index contributed by atoms with van der Waals surface area (Å²) in [5.74, 6) is -0.811. The number of nitrogens with zero attached hydrogens (tertiary/aromatic N) is 2. The number of hydrogen-bond donors (Lipinski definition) is 0. The number of carbonyl (C=O) groups excluding carboxylic acids is 3. The van der Waals surface area contributed by atoms with Crippen molar-refractivity contribution in [3.8, 4) is 0 Å². The summed E-state index contributed by atoms with van der Waals surface area (Å²) < 4.78 is 4.94. The van der Waals surface area contributed by atoms with E-state index in [1.807, 2.05) is 13.8 Å². The van der Waals surface area contributed by atoms with Gasteiger partial charge in [-0.1, -0.05) is 0 Å². The van der Waals surface area contributed by atoms with Gasteiger partial charge in [-0.15, -0.1) is 0 Å². The van der Waals surface area contributed by atoms with Crippen molar-refractivity contribution >= 4 is 17.8 Å². The number of hydrogen-bond acceptors (Lipinski definition) is 4. The van der Waals surface area contributed by atoms with Crippen LogP contribution in [-0.4, -0.2) is 60.4 Å². The summed E-state index contributed by atoms with van der Waals surface area (Å²) in [6.07, 6.45) is 0.194. The van der Waals surface area contributed by atoms with E-state index in [0.29, 0.717) is 39.2 Å². The van der Waals surface area contributed by atoms with Crippen LogP contribution < -0.4 is 0 Å². The molecular weight excluding hydrogens is 260 g/mol. The van der Waals surface area contributed by atoms with Gasteiger partial charge in [0.2, 0.25) is 5.91 Å². The van der Waals surface area contributed by atoms with Crippen molar-refractivity contribution in [1.82, 2.24) is 9.80 Å². The highest BCUT2D eigenvalue weighted by Gasteiger charge is 2.33. The molecule has 0 aromatic rings. The largest absolute Gasteiger partial charge is 0.450 e. The Labute approximate surface area is 120 Å². The maximum Gasteiger partial charge on any atom is 0.409 e. The zero-order valence-corrected chi connectivity index (χ0v) is 12.6. The normalized spacial score (nSPS) is 19.4. The van der Waals surface area contributed by atoms with Crippen LogP contribution in [0.2, 0.25) is 0 Å². The predicted octanol–water partition coefficient (Wildman–Crippen LogP) is 1.29. The molecule has 6 nitrogen and oxygen atoms in total. The van der Waals surface area contributed by atoms with Crippen LogP contribution in [0.25, 0.3) is 0 Å². The molecule has 0 N–H and O–H groups in total. The second-order valence-corrected chi connectivity index (χ2v) is 4.75. The number of likely N-dealkylation sites (tertiary alicyclic amines) is 1. The molecule has 1 fully saturated rings. The van der Waals surface area contributed by atoms with Gasteiger partial charge in [0.1, 0.15) is 5.78 Å². The van der Waals surface area contributed by atoms with Gasteiger partial charge in [0, 0.05) is 32.6 Å². The highest BCUT2D eigenvalue weighted by Crippen LogP contribution is 2.17. The number of rotatable bonds is 4. The first-order valence-corrected chi connectivity index (χ1v) is 7.28. The lowest BCUT2D eigenvalue weighted by atomic mass is 9.97. The standard InChI is InChI=1S/C14H24N2O4/c1-4-15(5-2)13(18)11-7-9-16(10-8-12(11)17)14(19)20-6-3/h11H,4-10H2,1-3H3. The van der Waals surface area contributed by atoms with E-state index in [-0.39, 0.29) is 18.1 Å². The SMILES string of the molecule is CCOC(=O)N1CCC(=O)C(C(=O)N(CC)CC)CC1. The van der Waals surface area contributed by atoms with Crippen molar-refractivity contribution in [1.29, 1.82) is 0 Å². The van der Waals surface area contributed by atoms with Crippen molar-refractivity contribution in [3.63, 3.8) is 0 Å². The summed E-state index contributed by atoms with van der Waals surface area (Å²) in [5.41, 5.74) is 0. The van der Waals surface area contributed by atoms with Crippen LogP contribution in [0.1, 0.15) is 33.6 Å². The van der Waals surface area contributed by atoms with E-state index >= 15 is 0 Å². The molecule has 6 heteroatoms. The fourth-order valence-corrected chi connectivity index (χ4v) is 2.39. The average molecular weight is 284 g/mol. The van der Waals surface area contributed by atoms with Gasteiger partial charge in [0.05, 0.1) is 12.5 Å². The maximum absolute atomic E-state index is 12.3. The molecule has 0 saturated carbocycles. The Bertz CT molecular complexity index is 366. The van der Waals surface area contributed by atoms with Crippen LogP contribution in [0.15, 0.2) is 0 Å². The number of amides is 2. The molecule has 0 aromatic heterocycles. The van der Waals surface area contributed by atoms with Crippen molar-refractivity contribution in [2.75, 3.05) is 32.8 Å². The van der Waals surface area contributed by atoms with Gasteiger partial charge in [0.25, 0.3) is 0 Å². The summed E-state index contributed by atoms with van der Waals surface area (Å²) in [5, 5.41) is 0. The highest BCUT2D eigenvalue weighted by molar-refractivity contribution is 6.01. The Balaban J connectivity index is 2.70. The second kappa shape index (κ2) is 7.87. The number of ether oxygens (including phenoxy) is 1. The van der Waals surface area contributed by atoms with Crippen LogP contribution >= 0.6 is 0 Å². The van der Waals surface area contributed by atoms with Gasteiger partial charge in [-0.05, 0) is 27.2 Å². The van der Waals surface area contributed by atoms with E-state index < -0.39 is 12.0 Å². The first-order chi connectivity index (χ1) is 9.54. The van der Waals surface area contributed by atoms with Crippen molar-refractivity contribution in [2.45, 2.75) is 33.6 Å². The molecule has 1 atom stereocenters. The summed E-state index contributed by atoms with van der Waals surface area (Å²) in [6, 6.07) is 0. The zero-order chi connectivity index (χ0) is 15.1. The van der Waals surface area contributed by atoms with E-state index in [1.165, 1.54) is 4.90 Å². The van der Waals surface area contributed by atoms with Gasteiger partial charge < -0.3 is 14.5 Å². The fraction of sp³-hybridized carbons (Fsp3) is 0.786. The summed E-state index contributed by atoms with van der Waals surface area (Å²) in [6.45, 7) is 7.77. The maximum atomic E-state index is 12.3. The lowest BCUT2D eigenvalue weighted by Crippen LogP contribution is -2.39. The predicted molar refractivity (Wildman–Crippen MR) is 74.3 cm³/mol. The third-order valence-corrected chi connectivity index (χ3v) is 3.60. The monoisotopic (exact) mass is 284 g/mol. The Kier molecular flexibility index (Phi) is 6.48. The van der Waals surface area contributed by atoms with Gasteiger partial charge in [0.15, 0.2) is 0 Å². The average Bonchev–Trinajstić information content (AvgIpc) is 2.62. The van der Waals surface area contributed by atoms with Gasteiger partial charge in [-0.3, -0.25) is 9.59 Å². The number of Topliss-reactive ketones (excluding diaryl/α,β-unsaturated/α-hetero) is 1. The lowest BCUT2D eigenvalue weighted by molar-refractivity contribution is -0.141. The van der Waals surface area contributed by atoms with Crippen molar-refractivity contribution in [2.24, 2.45) is 5.92 Å². The third-order valence-electron chi connectivity index (χ3n) is 3.60. The molecule has 114 valence electrons. The smallest absolute Gasteiger partial charge is 0.409 e. The zero-order valence-electron chi connectivity index (χ0n) is 12.6. The van der Waals surface area contributed by atoms with Crippen LogP contribution in [0.4, 0.5) is 4.79 Å². The Morgan fingerprint density at radius 3 is 2.45 bits per heavy atom. The molecule has 0 aliphatic carbocycles. The lowest BCUT2D eigenvalue weighted by Gasteiger charge is -2.23. The molecule has 1 rings (SSSR count). The third kappa shape index (κ3) is 3.95. The molecule has 0 spiro atoms. The minimum absolute atomic E-state index is 0.0753. The summed E-state index contributed by atoms with van der Waals surface area (Å²) in [7, 11) is 0. The molecule has 2 amide bonds. The number of carbonyl (C=O) groups is 3. The van der Waals surface area contributed by atoms with E-state index in [2.05, 4.69) is 0 Å². The molecular formula is C14H24N2O4. The summed E-state index contributed by atoms with van der Waals surface area (Å²) in [4.78, 5) is 39.2. The quantitative estimate of drug-likeness (QED) is 0.730. The summed E-state index contributed by atoms with van der Waals surface area (Å²) >= 11 is 0. The highest BCUT2D eigenvalue weighted by atomic mass is 16.6. The van der Waals surface area contributed by atoms with E-state index in [9.17, 15) is 14.4 Å². The molecule has 0 radical (unpaired) electrons. The fourth-order valence-electron chi connectivity index (χ4n) is 2.39. The molecule has 1 aliphatic heterocycles. The molecule has 0 aromatic carbocycles. The first-order valence-electron chi connectivity index (χ1n) is 7.28. The van der Waals surface area contributed by atoms with Crippen molar-refractivity contribution < 1.29 is 19.1 Å². The minimum atomic E-state index is -0.616. The van der Waals surface area contributed by atoms with Crippen LogP contribution in [-0.2, 0) is 14.3 Å². The number of ketones is 1. The van der Waals surface area contributed by atoms with E-state index in [4.69, 9.17) is 4.74 Å². The second-order valence-electron chi connectivity index (χ2n) is 4.75. The van der Waals surface area contributed by atoms with Gasteiger partial charge >= 0.3 is 6.09 Å². The van der Waals surface area contributed by atoms with Gasteiger partial charge in [-0.25, -0.2) is 4.79 Å². The van der Waals surface area contributed by atoms with Crippen LogP contribution in [0.5, 0.6) is 0 Å². The Hall–Kier alpha value is -1.59. The molecule has 1 aliphatic rings. The van der Waals surface area contributed by atoms with Crippen molar-refractivity contribution in [3.05, 3.63) is 0 Å². The van der Waals surface area contributed by atoms with E-state index in [0.717, 1.165) is 0 Å². The molecule has 1 unspecified atom stereocenters. The topological polar surface area (TPSA) is 66.9 Å². The van der Waals surface area contributed by atoms with Gasteiger partial charge in [-0.2, -0.15) is 0 Å². The molecule has 1 heterocycles. The molecule has 0 bridgehead atoms.